The van der Waals surface area contributed by atoms with Gasteiger partial charge >= 0.3 is 0 Å². The summed E-state index contributed by atoms with van der Waals surface area (Å²) in [5, 5.41) is 6.75. The van der Waals surface area contributed by atoms with E-state index in [4.69, 9.17) is 0 Å². The SMILES string of the molecule is CC=C(C)c1ccc2ccccc2c1-c1ccc(C)cc1P(c1ccccc1)c1ccccc1. The van der Waals surface area contributed by atoms with Crippen LogP contribution in [0.1, 0.15) is 25.0 Å². The first-order valence-electron chi connectivity index (χ1n) is 11.8. The van der Waals surface area contributed by atoms with Crippen LogP contribution in [0.3, 0.4) is 0 Å². The highest BCUT2D eigenvalue weighted by atomic mass is 31.1. The van der Waals surface area contributed by atoms with Crippen molar-refractivity contribution in [1.29, 1.82) is 0 Å². The second-order valence-electron chi connectivity index (χ2n) is 8.71. The van der Waals surface area contributed by atoms with E-state index in [9.17, 15) is 0 Å². The van der Waals surface area contributed by atoms with Crippen molar-refractivity contribution in [3.63, 3.8) is 0 Å². The molecule has 0 unspecified atom stereocenters. The molecule has 0 fully saturated rings. The van der Waals surface area contributed by atoms with Gasteiger partial charge in [-0.1, -0.05) is 127 Å². The standard InChI is InChI=1S/C33H29P/c1-4-25(3)29-22-20-26-13-11-12-18-30(26)33(29)31-21-19-24(2)23-32(31)34(27-14-7-5-8-15-27)28-16-9-6-10-17-28/h4-23H,1-3H3. The highest BCUT2D eigenvalue weighted by Gasteiger charge is 2.23. The molecule has 166 valence electrons. The van der Waals surface area contributed by atoms with E-state index < -0.39 is 7.92 Å². The second kappa shape index (κ2) is 9.80. The largest absolute Gasteiger partial charge is 0.0841 e. The van der Waals surface area contributed by atoms with Crippen LogP contribution in [-0.2, 0) is 0 Å². The van der Waals surface area contributed by atoms with Crippen LogP contribution in [0.4, 0.5) is 0 Å². The van der Waals surface area contributed by atoms with Crippen molar-refractivity contribution < 1.29 is 0 Å². The molecule has 1 heteroatoms. The fourth-order valence-corrected chi connectivity index (χ4v) is 7.22. The van der Waals surface area contributed by atoms with Gasteiger partial charge in [0, 0.05) is 0 Å². The van der Waals surface area contributed by atoms with Gasteiger partial charge in [-0.15, -0.1) is 0 Å². The van der Waals surface area contributed by atoms with Crippen LogP contribution >= 0.6 is 7.92 Å². The van der Waals surface area contributed by atoms with Crippen molar-refractivity contribution in [3.05, 3.63) is 132 Å². The number of aryl methyl sites for hydroxylation is 1. The molecule has 5 aromatic rings. The zero-order valence-electron chi connectivity index (χ0n) is 20.0. The third-order valence-electron chi connectivity index (χ3n) is 6.48. The lowest BCUT2D eigenvalue weighted by atomic mass is 9.89. The molecule has 0 radical (unpaired) electrons. The summed E-state index contributed by atoms with van der Waals surface area (Å²) in [7, 11) is -0.717. The van der Waals surface area contributed by atoms with Crippen molar-refractivity contribution in [2.75, 3.05) is 0 Å². The van der Waals surface area contributed by atoms with Gasteiger partial charge < -0.3 is 0 Å². The third kappa shape index (κ3) is 4.23. The number of rotatable bonds is 5. The maximum Gasteiger partial charge on any atom is -0.00236 e. The minimum absolute atomic E-state index is 0.717. The van der Waals surface area contributed by atoms with Gasteiger partial charge in [0.25, 0.3) is 0 Å². The lowest BCUT2D eigenvalue weighted by Crippen LogP contribution is -2.22. The lowest BCUT2D eigenvalue weighted by Gasteiger charge is -2.25. The van der Waals surface area contributed by atoms with Crippen LogP contribution in [0.2, 0.25) is 0 Å². The molecule has 0 atom stereocenters. The first-order chi connectivity index (χ1) is 16.7. The average Bonchev–Trinajstić information content (AvgIpc) is 2.89. The third-order valence-corrected chi connectivity index (χ3v) is 8.96. The number of fused-ring (bicyclic) bond motifs is 1. The Morgan fingerprint density at radius 2 is 1.29 bits per heavy atom. The monoisotopic (exact) mass is 456 g/mol. The molecular weight excluding hydrogens is 427 g/mol. The summed E-state index contributed by atoms with van der Waals surface area (Å²) in [6, 6.07) is 42.4. The molecule has 0 N–H and O–H groups in total. The summed E-state index contributed by atoms with van der Waals surface area (Å²) in [4.78, 5) is 0. The Morgan fingerprint density at radius 3 is 1.94 bits per heavy atom. The molecule has 0 bridgehead atoms. The Labute approximate surface area is 204 Å². The molecule has 0 aliphatic rings. The predicted octanol–water partition coefficient (Wildman–Crippen LogP) is 8.00. The van der Waals surface area contributed by atoms with Gasteiger partial charge in [0.05, 0.1) is 0 Å². The van der Waals surface area contributed by atoms with E-state index in [1.54, 1.807) is 0 Å². The Bertz CT molecular complexity index is 1420. The molecule has 0 aliphatic carbocycles. The number of allylic oxidation sites excluding steroid dienone is 2. The zero-order chi connectivity index (χ0) is 23.5. The highest BCUT2D eigenvalue weighted by molar-refractivity contribution is 7.80. The predicted molar refractivity (Wildman–Crippen MR) is 152 cm³/mol. The Kier molecular flexibility index (Phi) is 6.43. The topological polar surface area (TPSA) is 0 Å². The molecule has 0 spiro atoms. The molecular formula is C33H29P. The first kappa shape index (κ1) is 22.3. The molecule has 34 heavy (non-hydrogen) atoms. The van der Waals surface area contributed by atoms with Crippen LogP contribution < -0.4 is 15.9 Å². The number of benzene rings is 5. The fourth-order valence-electron chi connectivity index (χ4n) is 4.67. The van der Waals surface area contributed by atoms with E-state index in [1.165, 1.54) is 54.5 Å². The summed E-state index contributed by atoms with van der Waals surface area (Å²) < 4.78 is 0. The summed E-state index contributed by atoms with van der Waals surface area (Å²) >= 11 is 0. The maximum absolute atomic E-state index is 2.41. The van der Waals surface area contributed by atoms with E-state index in [0.29, 0.717) is 0 Å². The fraction of sp³-hybridized carbons (Fsp3) is 0.0909. The highest BCUT2D eigenvalue weighted by Crippen LogP contribution is 2.42. The van der Waals surface area contributed by atoms with Crippen molar-refractivity contribution in [2.24, 2.45) is 0 Å². The van der Waals surface area contributed by atoms with Gasteiger partial charge in [-0.2, -0.15) is 0 Å². The normalized spacial score (nSPS) is 11.8. The molecule has 0 nitrogen and oxygen atoms in total. The maximum atomic E-state index is 2.41. The Morgan fingerprint density at radius 1 is 0.676 bits per heavy atom. The van der Waals surface area contributed by atoms with Gasteiger partial charge in [0.15, 0.2) is 0 Å². The molecule has 0 saturated heterocycles. The van der Waals surface area contributed by atoms with E-state index in [-0.39, 0.29) is 0 Å². The van der Waals surface area contributed by atoms with Crippen LogP contribution in [0.5, 0.6) is 0 Å². The van der Waals surface area contributed by atoms with Gasteiger partial charge in [-0.25, -0.2) is 0 Å². The van der Waals surface area contributed by atoms with Gasteiger partial charge in [0.1, 0.15) is 0 Å². The quantitative estimate of drug-likeness (QED) is 0.235. The van der Waals surface area contributed by atoms with E-state index >= 15 is 0 Å². The van der Waals surface area contributed by atoms with E-state index in [1.807, 2.05) is 0 Å². The molecule has 5 rings (SSSR count). The van der Waals surface area contributed by atoms with Crippen molar-refractivity contribution in [1.82, 2.24) is 0 Å². The lowest BCUT2D eigenvalue weighted by molar-refractivity contribution is 1.48. The summed E-state index contributed by atoms with van der Waals surface area (Å²) in [6.45, 7) is 6.56. The first-order valence-corrected chi connectivity index (χ1v) is 13.2. The Balaban J connectivity index is 1.88. The molecule has 5 aromatic carbocycles. The minimum Gasteiger partial charge on any atom is -0.0841 e. The minimum atomic E-state index is -0.717. The zero-order valence-corrected chi connectivity index (χ0v) is 20.9. The Hall–Kier alpha value is -3.47. The number of hydrogen-bond acceptors (Lipinski definition) is 0. The van der Waals surface area contributed by atoms with E-state index in [2.05, 4.69) is 142 Å². The summed E-state index contributed by atoms with van der Waals surface area (Å²) in [5.74, 6) is 0. The average molecular weight is 457 g/mol. The van der Waals surface area contributed by atoms with Crippen LogP contribution in [0.25, 0.3) is 27.5 Å². The van der Waals surface area contributed by atoms with Crippen molar-refractivity contribution in [2.45, 2.75) is 20.8 Å². The van der Waals surface area contributed by atoms with Crippen molar-refractivity contribution in [3.8, 4) is 11.1 Å². The van der Waals surface area contributed by atoms with Gasteiger partial charge in [0.2, 0.25) is 0 Å². The summed E-state index contributed by atoms with van der Waals surface area (Å²) in [6.07, 6.45) is 2.22. The van der Waals surface area contributed by atoms with Crippen LogP contribution in [0, 0.1) is 6.92 Å². The molecule has 0 heterocycles. The van der Waals surface area contributed by atoms with Gasteiger partial charge in [-0.05, 0) is 77.6 Å². The van der Waals surface area contributed by atoms with E-state index in [0.717, 1.165) is 0 Å². The van der Waals surface area contributed by atoms with Crippen LogP contribution in [0.15, 0.2) is 121 Å². The molecule has 0 aliphatic heterocycles. The van der Waals surface area contributed by atoms with Crippen LogP contribution in [-0.4, -0.2) is 0 Å². The van der Waals surface area contributed by atoms with Crippen molar-refractivity contribution >= 4 is 40.2 Å². The smallest absolute Gasteiger partial charge is 0.00236 e. The number of hydrogen-bond donors (Lipinski definition) is 0. The molecule has 0 aromatic heterocycles. The van der Waals surface area contributed by atoms with Gasteiger partial charge in [-0.3, -0.25) is 0 Å². The molecule has 0 amide bonds. The summed E-state index contributed by atoms with van der Waals surface area (Å²) in [5.41, 5.74) is 6.57. The molecule has 0 saturated carbocycles. The second-order valence-corrected chi connectivity index (χ2v) is 10.9.